The van der Waals surface area contributed by atoms with Gasteiger partial charge in [-0.2, -0.15) is 0 Å². The molecule has 0 aliphatic carbocycles. The maximum Gasteiger partial charge on any atom is 0.348 e. The minimum absolute atomic E-state index is 0.115. The number of ether oxygens (including phenoxy) is 1. The molecule has 4 nitrogen and oxygen atoms in total. The van der Waals surface area contributed by atoms with Gasteiger partial charge in [0.15, 0.2) is 0 Å². The van der Waals surface area contributed by atoms with Crippen LogP contribution in [0.3, 0.4) is 0 Å². The molecule has 0 unspecified atom stereocenters. The fourth-order valence-electron chi connectivity index (χ4n) is 2.66. The van der Waals surface area contributed by atoms with E-state index in [1.54, 1.807) is 6.20 Å². The van der Waals surface area contributed by atoms with Gasteiger partial charge >= 0.3 is 5.69 Å². The van der Waals surface area contributed by atoms with Gasteiger partial charge < -0.3 is 4.74 Å². The van der Waals surface area contributed by atoms with Crippen LogP contribution >= 0.6 is 11.8 Å². The Morgan fingerprint density at radius 3 is 3.06 bits per heavy atom. The van der Waals surface area contributed by atoms with Gasteiger partial charge in [-0.05, 0) is 6.07 Å². The number of aromatic nitrogens is 2. The first kappa shape index (κ1) is 10.6. The van der Waals surface area contributed by atoms with Crippen molar-refractivity contribution in [3.63, 3.8) is 0 Å². The molecule has 1 spiro atoms. The highest BCUT2D eigenvalue weighted by atomic mass is 32.2. The average Bonchev–Trinajstić information content (AvgIpc) is 2.52. The lowest BCUT2D eigenvalue weighted by Crippen LogP contribution is -2.49. The van der Waals surface area contributed by atoms with E-state index in [9.17, 15) is 4.79 Å². The first-order valence-corrected chi connectivity index (χ1v) is 6.95. The second-order valence-corrected chi connectivity index (χ2v) is 6.12. The summed E-state index contributed by atoms with van der Waals surface area (Å²) in [4.78, 5) is 17.2. The van der Waals surface area contributed by atoms with Crippen molar-refractivity contribution in [1.29, 1.82) is 0 Å². The number of para-hydroxylation sites is 1. The Labute approximate surface area is 108 Å². The summed E-state index contributed by atoms with van der Waals surface area (Å²) in [5, 5.41) is 1.04. The van der Waals surface area contributed by atoms with E-state index >= 15 is 0 Å². The minimum Gasteiger partial charge on any atom is -0.380 e. The number of thioether (sulfide) groups is 1. The molecule has 92 valence electrons. The summed E-state index contributed by atoms with van der Waals surface area (Å²) in [6, 6.07) is 6.12. The molecule has 0 bridgehead atoms. The van der Waals surface area contributed by atoms with Crippen molar-refractivity contribution in [2.24, 2.45) is 5.41 Å². The van der Waals surface area contributed by atoms with Crippen molar-refractivity contribution in [1.82, 2.24) is 9.55 Å². The molecule has 0 saturated carbocycles. The number of nitrogens with zero attached hydrogens (tertiary/aromatic N) is 2. The van der Waals surface area contributed by atoms with Crippen molar-refractivity contribution in [3.05, 3.63) is 34.9 Å². The quantitative estimate of drug-likeness (QED) is 0.720. The van der Waals surface area contributed by atoms with E-state index in [1.807, 2.05) is 28.5 Å². The van der Waals surface area contributed by atoms with Crippen molar-refractivity contribution >= 4 is 22.7 Å². The zero-order chi connectivity index (χ0) is 12.2. The predicted octanol–water partition coefficient (Wildman–Crippen LogP) is 1.52. The topological polar surface area (TPSA) is 44.1 Å². The average molecular weight is 260 g/mol. The number of rotatable bonds is 0. The second kappa shape index (κ2) is 3.59. The van der Waals surface area contributed by atoms with Crippen LogP contribution in [0.4, 0.5) is 0 Å². The van der Waals surface area contributed by atoms with Crippen LogP contribution in [0.2, 0.25) is 0 Å². The molecule has 0 N–H and O–H groups in total. The van der Waals surface area contributed by atoms with Crippen LogP contribution in [0, 0.1) is 5.41 Å². The standard InChI is InChI=1S/C13H12N2O2S/c16-12-14-4-9-2-1-3-10-11(9)15(12)5-13(8-18-10)6-17-7-13/h1-4H,5-8H2. The van der Waals surface area contributed by atoms with Gasteiger partial charge in [0.05, 0.1) is 18.7 Å². The number of benzene rings is 1. The van der Waals surface area contributed by atoms with E-state index in [2.05, 4.69) is 11.1 Å². The monoisotopic (exact) mass is 260 g/mol. The maximum atomic E-state index is 12.0. The second-order valence-electron chi connectivity index (χ2n) is 5.10. The summed E-state index contributed by atoms with van der Waals surface area (Å²) in [6.07, 6.45) is 1.67. The molecule has 2 aromatic rings. The summed E-state index contributed by atoms with van der Waals surface area (Å²) in [5.74, 6) is 1.01. The Bertz CT molecular complexity index is 691. The van der Waals surface area contributed by atoms with Gasteiger partial charge in [-0.25, -0.2) is 9.78 Å². The Hall–Kier alpha value is -1.33. The van der Waals surface area contributed by atoms with Gasteiger partial charge in [0, 0.05) is 34.2 Å². The largest absolute Gasteiger partial charge is 0.380 e. The first-order chi connectivity index (χ1) is 8.77. The van der Waals surface area contributed by atoms with Crippen LogP contribution in [0.1, 0.15) is 0 Å². The fourth-order valence-corrected chi connectivity index (χ4v) is 3.92. The van der Waals surface area contributed by atoms with E-state index in [1.165, 1.54) is 4.90 Å². The molecule has 0 atom stereocenters. The molecule has 1 aromatic carbocycles. The van der Waals surface area contributed by atoms with Gasteiger partial charge in [0.1, 0.15) is 0 Å². The van der Waals surface area contributed by atoms with Crippen molar-refractivity contribution in [2.75, 3.05) is 19.0 Å². The Balaban J connectivity index is 2.03. The highest BCUT2D eigenvalue weighted by molar-refractivity contribution is 7.99. The van der Waals surface area contributed by atoms with E-state index in [0.29, 0.717) is 0 Å². The minimum atomic E-state index is -0.149. The molecule has 2 aliphatic rings. The summed E-state index contributed by atoms with van der Waals surface area (Å²) in [7, 11) is 0. The Kier molecular flexibility index (Phi) is 2.11. The SMILES string of the molecule is O=c1ncc2cccc3c2n1CC1(COC1)CS3. The molecular weight excluding hydrogens is 248 g/mol. The van der Waals surface area contributed by atoms with Crippen molar-refractivity contribution in [2.45, 2.75) is 11.4 Å². The van der Waals surface area contributed by atoms with Crippen molar-refractivity contribution < 1.29 is 4.74 Å². The van der Waals surface area contributed by atoms with Crippen LogP contribution in [-0.4, -0.2) is 28.5 Å². The van der Waals surface area contributed by atoms with Crippen LogP contribution in [-0.2, 0) is 11.3 Å². The first-order valence-electron chi connectivity index (χ1n) is 5.97. The van der Waals surface area contributed by atoms with E-state index in [-0.39, 0.29) is 11.1 Å². The third kappa shape index (κ3) is 1.37. The molecule has 3 heterocycles. The van der Waals surface area contributed by atoms with Gasteiger partial charge in [-0.1, -0.05) is 12.1 Å². The number of hydrogen-bond donors (Lipinski definition) is 0. The van der Waals surface area contributed by atoms with Crippen LogP contribution < -0.4 is 5.69 Å². The summed E-state index contributed by atoms with van der Waals surface area (Å²) >= 11 is 1.83. The molecule has 1 aromatic heterocycles. The highest BCUT2D eigenvalue weighted by Gasteiger charge is 2.41. The van der Waals surface area contributed by atoms with Gasteiger partial charge in [0.2, 0.25) is 0 Å². The molecule has 0 radical (unpaired) electrons. The summed E-state index contributed by atoms with van der Waals surface area (Å²) in [5.41, 5.74) is 0.999. The number of hydrogen-bond acceptors (Lipinski definition) is 4. The van der Waals surface area contributed by atoms with Crippen LogP contribution in [0.25, 0.3) is 10.9 Å². The zero-order valence-electron chi connectivity index (χ0n) is 9.76. The van der Waals surface area contributed by atoms with Gasteiger partial charge in [-0.15, -0.1) is 11.8 Å². The maximum absolute atomic E-state index is 12.0. The lowest BCUT2D eigenvalue weighted by Gasteiger charge is -2.40. The van der Waals surface area contributed by atoms with Gasteiger partial charge in [-0.3, -0.25) is 4.57 Å². The third-order valence-corrected chi connectivity index (χ3v) is 5.09. The third-order valence-electron chi connectivity index (χ3n) is 3.69. The molecule has 5 heteroatoms. The van der Waals surface area contributed by atoms with E-state index < -0.39 is 0 Å². The van der Waals surface area contributed by atoms with E-state index in [0.717, 1.165) is 36.4 Å². The molecule has 18 heavy (non-hydrogen) atoms. The van der Waals surface area contributed by atoms with Crippen LogP contribution in [0.15, 0.2) is 34.1 Å². The smallest absolute Gasteiger partial charge is 0.348 e. The molecule has 2 aliphatic heterocycles. The molecule has 0 amide bonds. The van der Waals surface area contributed by atoms with Crippen LogP contribution in [0.5, 0.6) is 0 Å². The Morgan fingerprint density at radius 2 is 2.28 bits per heavy atom. The predicted molar refractivity (Wildman–Crippen MR) is 70.0 cm³/mol. The summed E-state index contributed by atoms with van der Waals surface area (Å²) < 4.78 is 7.18. The lowest BCUT2D eigenvalue weighted by atomic mass is 9.88. The highest BCUT2D eigenvalue weighted by Crippen LogP contribution is 2.41. The van der Waals surface area contributed by atoms with Gasteiger partial charge in [0.25, 0.3) is 0 Å². The lowest BCUT2D eigenvalue weighted by molar-refractivity contribution is -0.106. The zero-order valence-corrected chi connectivity index (χ0v) is 10.6. The van der Waals surface area contributed by atoms with E-state index in [4.69, 9.17) is 4.74 Å². The molecule has 1 fully saturated rings. The Morgan fingerprint density at radius 1 is 1.39 bits per heavy atom. The molecule has 1 saturated heterocycles. The summed E-state index contributed by atoms with van der Waals surface area (Å²) in [6.45, 7) is 2.22. The van der Waals surface area contributed by atoms with Crippen molar-refractivity contribution in [3.8, 4) is 0 Å². The molecular formula is C13H12N2O2S. The normalized spacial score (nSPS) is 20.7. The fraction of sp³-hybridized carbons (Fsp3) is 0.385. The molecule has 4 rings (SSSR count).